The van der Waals surface area contributed by atoms with Crippen molar-refractivity contribution in [1.82, 2.24) is 31.9 Å². The lowest BCUT2D eigenvalue weighted by atomic mass is 9.83. The van der Waals surface area contributed by atoms with Gasteiger partial charge in [0.05, 0.1) is 46.1 Å². The molecule has 1 unspecified atom stereocenters. The maximum atomic E-state index is 14.8. The molecule has 10 N–H and O–H groups in total. The van der Waals surface area contributed by atoms with E-state index in [2.05, 4.69) is 31.9 Å². The van der Waals surface area contributed by atoms with Gasteiger partial charge >= 0.3 is 30.5 Å². The topological polar surface area (TPSA) is 395 Å². The molecule has 0 radical (unpaired) electrons. The third kappa shape index (κ3) is 25.4. The Kier molecular flexibility index (Phi) is 32.7. The fourth-order valence-corrected chi connectivity index (χ4v) is 15.3. The predicted molar refractivity (Wildman–Crippen MR) is 437 cm³/mol. The van der Waals surface area contributed by atoms with Crippen LogP contribution in [-0.2, 0) is 110 Å². The number of benzene rings is 7. The first-order chi connectivity index (χ1) is 58.5. The molecule has 32 nitrogen and oxygen atoms in total. The van der Waals surface area contributed by atoms with Gasteiger partial charge in [0.1, 0.15) is 130 Å². The number of alkyl carbamates (subject to hydrolysis) is 5. The monoisotopic (exact) mass is 1690 g/mol. The zero-order chi connectivity index (χ0) is 85.4. The van der Waals surface area contributed by atoms with Gasteiger partial charge in [-0.2, -0.15) is 0 Å². The maximum absolute atomic E-state index is 14.8. The van der Waals surface area contributed by atoms with Crippen LogP contribution in [0, 0.1) is 0 Å². The van der Waals surface area contributed by atoms with Crippen molar-refractivity contribution in [2.75, 3.05) is 53.7 Å². The van der Waals surface area contributed by atoms with Gasteiger partial charge in [-0.15, -0.1) is 0 Å². The van der Waals surface area contributed by atoms with Crippen molar-refractivity contribution in [3.63, 3.8) is 0 Å². The number of aliphatic hydroxyl groups excluding tert-OH is 4. The summed E-state index contributed by atoms with van der Waals surface area (Å²) in [6.07, 6.45) is -30.5. The van der Waals surface area contributed by atoms with Crippen molar-refractivity contribution in [3.8, 4) is 11.5 Å². The van der Waals surface area contributed by atoms with E-state index in [-0.39, 0.29) is 65.8 Å². The zero-order valence-corrected chi connectivity index (χ0v) is 69.6. The Balaban J connectivity index is 0.941. The van der Waals surface area contributed by atoms with Gasteiger partial charge in [0.25, 0.3) is 0 Å². The van der Waals surface area contributed by atoms with Crippen LogP contribution in [0.4, 0.5) is 24.0 Å². The van der Waals surface area contributed by atoms with Crippen molar-refractivity contribution >= 4 is 38.8 Å². The third-order valence-electron chi connectivity index (χ3n) is 21.9. The first kappa shape index (κ1) is 90.3. The van der Waals surface area contributed by atoms with Crippen LogP contribution < -0.4 is 41.4 Å². The summed E-state index contributed by atoms with van der Waals surface area (Å²) in [5.74, 6) is 1.17. The molecule has 0 spiro atoms. The average molecular weight is 1700 g/mol. The van der Waals surface area contributed by atoms with Gasteiger partial charge < -0.3 is 133 Å². The van der Waals surface area contributed by atoms with E-state index in [0.717, 1.165) is 5.56 Å². The predicted octanol–water partition coefficient (Wildman–Crippen LogP) is 8.64. The number of hydrogen-bond acceptors (Lipinski definition) is 27. The molecule has 0 bridgehead atoms. The van der Waals surface area contributed by atoms with Crippen LogP contribution in [0.2, 0.25) is 18.1 Å². The average Bonchev–Trinajstić information content (AvgIpc) is 1.73. The van der Waals surface area contributed by atoms with Gasteiger partial charge in [-0.3, -0.25) is 0 Å². The van der Waals surface area contributed by atoms with Crippen LogP contribution in [0.25, 0.3) is 0 Å². The highest BCUT2D eigenvalue weighted by Crippen LogP contribution is 2.42. The van der Waals surface area contributed by atoms with Gasteiger partial charge in [0, 0.05) is 24.7 Å². The summed E-state index contributed by atoms with van der Waals surface area (Å²) in [7, 11) is 0.277. The van der Waals surface area contributed by atoms with Crippen molar-refractivity contribution in [2.45, 2.75) is 207 Å². The quantitative estimate of drug-likeness (QED) is 0.0101. The van der Waals surface area contributed by atoms with E-state index in [1.165, 1.54) is 0 Å². The minimum Gasteiger partial charge on any atom is -0.497 e. The summed E-state index contributed by atoms with van der Waals surface area (Å²) in [5.41, 5.74) is 4.69. The van der Waals surface area contributed by atoms with Gasteiger partial charge in [-0.05, 0) is 83.0 Å². The van der Waals surface area contributed by atoms with Gasteiger partial charge in [0.15, 0.2) is 33.5 Å². The molecule has 121 heavy (non-hydrogen) atoms. The Labute approximate surface area is 703 Å². The SMILES string of the molecule is COc1cc(CCNCCO[C@H]2[C@H](O[C@@H]3[C@@H](O)[C@H](NC(=O)OCc4ccccc4)C[C@H](NC(=O)OCc4ccccc4)[C@H]3O[C@H]3O[C@@H]4COC(c5ccccc5)O[C@H]4[C@H](O)[C@H]3NC(=O)OCc3ccccc3)O[C@H](CO[Si](C)(C)C(C)(C)C)[C@H]2O[C@H]2O[C@@H](CNC(=O)OCc3ccccc3)[C@@H](O)[C@H](O)[C@H]2NC(=O)OCc2ccccc2)cc(OC)c1. The molecule has 0 aromatic heterocycles. The van der Waals surface area contributed by atoms with Gasteiger partial charge in [-0.1, -0.05) is 203 Å². The summed E-state index contributed by atoms with van der Waals surface area (Å²) < 4.78 is 109. The number of fused-ring (bicyclic) bond motifs is 1. The van der Waals surface area contributed by atoms with E-state index >= 15 is 0 Å². The molecular formula is C88H110N6O26Si. The Morgan fingerprint density at radius 3 is 1.40 bits per heavy atom. The molecular weight excluding hydrogens is 1590 g/mol. The maximum Gasteiger partial charge on any atom is 0.407 e. The molecule has 33 heteroatoms. The molecule has 7 aromatic carbocycles. The Morgan fingerprint density at radius 2 is 0.901 bits per heavy atom. The standard InChI is InChI=1S/C88H110N6O26Si/c1-88(2,3)121(6,7)113-53-67-76(119-80-68(93-86(102)111-50-57-32-20-11-21-33-57)72(97)71(96)65(114-80)46-90-83(99)108-47-54-26-14-8-15-27-54)78(106-41-40-89-39-38-59-42-61(104-4)44-62(43-59)105-5)82(116-67)120-77-70(95)63(91-84(100)109-48-55-28-16-9-17-29-55)45-64(92-85(101)110-49-56-30-18-10-19-31-56)74(77)117-81-69(94-87(103)112-51-58-34-22-12-23-35-58)73(98)75-66(115-81)52-107-79(118-75)60-36-24-13-25-37-60/h8-37,42-44,63-82,89,95-98H,38-41,45-53H2,1-7H3,(H,90,99)(H,91,100)(H,92,101)(H,93,102)(H,94,103)/t63-,64+,65+,66-,67-,68-,69-,70+,71-,72-,73-,74-,75-,76-,77-,78-,79?,80-,81-,82+/m1/s1. The van der Waals surface area contributed by atoms with Gasteiger partial charge in [0.2, 0.25) is 0 Å². The Morgan fingerprint density at radius 1 is 0.455 bits per heavy atom. The van der Waals surface area contributed by atoms with E-state index in [0.29, 0.717) is 57.8 Å². The van der Waals surface area contributed by atoms with Crippen LogP contribution >= 0.6 is 0 Å². The first-order valence-corrected chi connectivity index (χ1v) is 43.4. The molecule has 4 heterocycles. The number of nitrogens with one attached hydrogen (secondary N) is 6. The van der Waals surface area contributed by atoms with Crippen molar-refractivity contribution in [1.29, 1.82) is 0 Å². The lowest BCUT2D eigenvalue weighted by Crippen LogP contribution is -2.71. The highest BCUT2D eigenvalue weighted by Gasteiger charge is 2.59. The third-order valence-corrected chi connectivity index (χ3v) is 26.4. The molecule has 4 aliphatic heterocycles. The van der Waals surface area contributed by atoms with Crippen molar-refractivity contribution in [3.05, 3.63) is 239 Å². The number of carbonyl (C=O) groups excluding carboxylic acids is 5. The Bertz CT molecular complexity index is 4350. The largest absolute Gasteiger partial charge is 0.497 e. The molecule has 5 amide bonds. The number of ether oxygens (including phenoxy) is 16. The molecule has 1 aliphatic carbocycles. The summed E-state index contributed by atoms with van der Waals surface area (Å²) in [4.78, 5) is 71.2. The molecule has 4 saturated heterocycles. The van der Waals surface area contributed by atoms with E-state index in [1.54, 1.807) is 190 Å². The molecule has 652 valence electrons. The number of carbonyl (C=O) groups is 5. The van der Waals surface area contributed by atoms with Crippen LogP contribution in [0.5, 0.6) is 11.5 Å². The number of methoxy groups -OCH3 is 2. The molecule has 5 fully saturated rings. The minimum absolute atomic E-state index is 0.117. The van der Waals surface area contributed by atoms with Crippen LogP contribution in [0.15, 0.2) is 200 Å². The van der Waals surface area contributed by atoms with E-state index in [1.807, 2.05) is 58.1 Å². The van der Waals surface area contributed by atoms with E-state index < -0.39 is 173 Å². The highest BCUT2D eigenvalue weighted by atomic mass is 28.4. The van der Waals surface area contributed by atoms with E-state index in [9.17, 15) is 44.4 Å². The van der Waals surface area contributed by atoms with Gasteiger partial charge in [-0.25, -0.2) is 24.0 Å². The number of hydrogen-bond donors (Lipinski definition) is 10. The second-order valence-corrected chi connectivity index (χ2v) is 36.3. The second kappa shape index (κ2) is 43.7. The fraction of sp³-hybridized carbons (Fsp3) is 0.466. The van der Waals surface area contributed by atoms with Crippen molar-refractivity contribution in [2.24, 2.45) is 0 Å². The Hall–Kier alpha value is -9.89. The second-order valence-electron chi connectivity index (χ2n) is 31.5. The zero-order valence-electron chi connectivity index (χ0n) is 68.6. The number of amides is 5. The van der Waals surface area contributed by atoms with Crippen LogP contribution in [0.3, 0.4) is 0 Å². The highest BCUT2D eigenvalue weighted by molar-refractivity contribution is 6.74. The smallest absolute Gasteiger partial charge is 0.407 e. The number of rotatable bonds is 35. The molecule has 20 atom stereocenters. The number of aliphatic hydroxyl groups is 4. The fourth-order valence-electron chi connectivity index (χ4n) is 14.3. The van der Waals surface area contributed by atoms with Crippen LogP contribution in [0.1, 0.15) is 72.4 Å². The lowest BCUT2D eigenvalue weighted by molar-refractivity contribution is -0.358. The summed E-state index contributed by atoms with van der Waals surface area (Å²) in [6, 6.07) is 52.6. The summed E-state index contributed by atoms with van der Waals surface area (Å²) in [5, 5.41) is 67.7. The lowest BCUT2D eigenvalue weighted by Gasteiger charge is -2.51. The first-order valence-electron chi connectivity index (χ1n) is 40.4. The van der Waals surface area contributed by atoms with Crippen molar-refractivity contribution < 1.29 is 125 Å². The minimum atomic E-state index is -2.84. The van der Waals surface area contributed by atoms with E-state index in [4.69, 9.17) is 80.2 Å². The van der Waals surface area contributed by atoms with Crippen LogP contribution in [-0.4, -0.2) is 229 Å². The normalized spacial score (nSPS) is 27.1. The molecule has 5 aliphatic rings. The summed E-state index contributed by atoms with van der Waals surface area (Å²) in [6.45, 7) is 8.56. The molecule has 7 aromatic rings. The molecule has 1 saturated carbocycles. The summed E-state index contributed by atoms with van der Waals surface area (Å²) >= 11 is 0. The molecule has 12 rings (SSSR count).